The third-order valence-electron chi connectivity index (χ3n) is 15.4. The summed E-state index contributed by atoms with van der Waals surface area (Å²) in [4.78, 5) is 12.8. The van der Waals surface area contributed by atoms with E-state index in [1.54, 1.807) is 0 Å². The van der Waals surface area contributed by atoms with Crippen molar-refractivity contribution in [2.45, 2.75) is 30.4 Å². The van der Waals surface area contributed by atoms with Gasteiger partial charge >= 0.3 is 0 Å². The van der Waals surface area contributed by atoms with Crippen LogP contribution in [0.2, 0.25) is 0 Å². The molecule has 12 aromatic rings. The number of para-hydroxylation sites is 2. The van der Waals surface area contributed by atoms with Gasteiger partial charge in [0.1, 0.15) is 10.0 Å². The molecule has 0 bridgehead atoms. The average Bonchev–Trinajstić information content (AvgIpc) is 4.25. The minimum atomic E-state index is -0.705. The lowest BCUT2D eigenvalue weighted by Crippen LogP contribution is -2.45. The van der Waals surface area contributed by atoms with Gasteiger partial charge in [0.2, 0.25) is 0 Å². The molecule has 0 N–H and O–H groups in total. The van der Waals surface area contributed by atoms with Gasteiger partial charge in [-0.3, -0.25) is 0 Å². The van der Waals surface area contributed by atoms with E-state index in [0.717, 1.165) is 22.7 Å². The van der Waals surface area contributed by atoms with Crippen LogP contribution in [0.5, 0.6) is 0 Å². The second-order valence-corrected chi connectivity index (χ2v) is 23.7. The third-order valence-corrected chi connectivity index (χ3v) is 20.2. The molecule has 0 saturated heterocycles. The summed E-state index contributed by atoms with van der Waals surface area (Å²) in [5.41, 5.74) is 15.7. The highest BCUT2D eigenvalue weighted by atomic mass is 32.2. The van der Waals surface area contributed by atoms with Crippen LogP contribution in [-0.2, 0) is 10.8 Å². The van der Waals surface area contributed by atoms with Gasteiger partial charge < -0.3 is 9.80 Å². The zero-order chi connectivity index (χ0) is 50.2. The molecule has 0 radical (unpaired) electrons. The fourth-order valence-electron chi connectivity index (χ4n) is 12.3. The Labute approximate surface area is 460 Å². The van der Waals surface area contributed by atoms with Crippen molar-refractivity contribution < 1.29 is 0 Å². The lowest BCUT2D eigenvalue weighted by molar-refractivity contribution is 0.609. The van der Waals surface area contributed by atoms with Crippen LogP contribution in [0.15, 0.2) is 299 Å². The minimum absolute atomic E-state index is 0.705. The van der Waals surface area contributed by atoms with Crippen LogP contribution in [-0.4, -0.2) is 0 Å². The lowest BCUT2D eigenvalue weighted by Gasteiger charge is -2.51. The lowest BCUT2D eigenvalue weighted by atomic mass is 9.55. The van der Waals surface area contributed by atoms with Crippen molar-refractivity contribution in [2.24, 2.45) is 0 Å². The maximum Gasteiger partial charge on any atom is 0.101 e. The predicted octanol–water partition coefficient (Wildman–Crippen LogP) is 20.1. The molecule has 2 aliphatic heterocycles. The molecule has 4 heterocycles. The molecule has 0 atom stereocenters. The Kier molecular flexibility index (Phi) is 10.9. The highest BCUT2D eigenvalue weighted by Crippen LogP contribution is 2.71. The predicted molar refractivity (Wildman–Crippen MR) is 321 cm³/mol. The molecule has 2 aromatic heterocycles. The molecule has 10 aromatic carbocycles. The number of fused-ring (bicyclic) bond motifs is 14. The van der Waals surface area contributed by atoms with Crippen LogP contribution in [0, 0.1) is 0 Å². The summed E-state index contributed by atoms with van der Waals surface area (Å²) in [5, 5.41) is 2.33. The minimum Gasteiger partial charge on any atom is -0.302 e. The van der Waals surface area contributed by atoms with Gasteiger partial charge in [-0.2, -0.15) is 0 Å². The Balaban J connectivity index is 1.09. The summed E-state index contributed by atoms with van der Waals surface area (Å²) in [7, 11) is 0. The highest BCUT2D eigenvalue weighted by molar-refractivity contribution is 7.99. The second kappa shape index (κ2) is 18.3. The summed E-state index contributed by atoms with van der Waals surface area (Å²) < 4.78 is 0. The summed E-state index contributed by atoms with van der Waals surface area (Å²) in [6.07, 6.45) is 0. The molecule has 76 heavy (non-hydrogen) atoms. The van der Waals surface area contributed by atoms with Gasteiger partial charge in [-0.15, -0.1) is 22.7 Å². The topological polar surface area (TPSA) is 6.48 Å². The maximum atomic E-state index is 2.60. The molecule has 2 nitrogen and oxygen atoms in total. The first-order valence-electron chi connectivity index (χ1n) is 25.7. The standard InChI is InChI=1S/C70H46N2S4/c1-5-23-47(24-6-1)49-27-21-33-53(43-49)71(51-29-9-3-10-30-51)65-45-59-67(75-65)70(57-37-15-19-41-63(57)74-64-42-20-16-38-58(64)70)60-46-66(76-68(60)69(59)55-35-13-17-39-61(55)73-62-40-18-14-36-56(62)69)72(52-31-11-4-12-32-52)54-34-22-28-50(44-54)48-25-7-2-8-26-48/h1-46H. The largest absolute Gasteiger partial charge is 0.302 e. The maximum absolute atomic E-state index is 2.60. The fraction of sp³-hybridized carbons (Fsp3) is 0.0286. The van der Waals surface area contributed by atoms with Gasteiger partial charge in [0, 0.05) is 52.1 Å². The van der Waals surface area contributed by atoms with Gasteiger partial charge in [0.25, 0.3) is 0 Å². The van der Waals surface area contributed by atoms with Crippen molar-refractivity contribution in [1.29, 1.82) is 0 Å². The van der Waals surface area contributed by atoms with Crippen LogP contribution in [0.3, 0.4) is 0 Å². The zero-order valence-electron chi connectivity index (χ0n) is 41.1. The second-order valence-electron chi connectivity index (χ2n) is 19.5. The van der Waals surface area contributed by atoms with Crippen molar-refractivity contribution >= 4 is 78.9 Å². The van der Waals surface area contributed by atoms with E-state index in [0.29, 0.717) is 0 Å². The third kappa shape index (κ3) is 6.95. The van der Waals surface area contributed by atoms with Gasteiger partial charge in [-0.05, 0) is 141 Å². The number of benzene rings is 10. The van der Waals surface area contributed by atoms with Crippen molar-refractivity contribution in [2.75, 3.05) is 9.80 Å². The summed E-state index contributed by atoms with van der Waals surface area (Å²) >= 11 is 7.72. The SMILES string of the molecule is c1ccc(-c2cccc(N(c3ccccc3)c3cc4c(s3)C3(c5ccccc5Sc5ccccc53)c3cc(N(c5ccccc5)c5cccc(-c6ccccc6)c5)sc3C43c4ccccc4Sc4ccccc43)c2)cc1. The monoisotopic (exact) mass is 1040 g/mol. The van der Waals surface area contributed by atoms with Gasteiger partial charge in [-0.25, -0.2) is 0 Å². The van der Waals surface area contributed by atoms with Crippen molar-refractivity contribution in [3.05, 3.63) is 322 Å². The Hall–Kier alpha value is -8.10. The molecule has 1 aliphatic carbocycles. The highest BCUT2D eigenvalue weighted by Gasteiger charge is 2.60. The first-order chi connectivity index (χ1) is 37.7. The first kappa shape index (κ1) is 45.3. The summed E-state index contributed by atoms with van der Waals surface area (Å²) in [6.45, 7) is 0. The Morgan fingerprint density at radius 1 is 0.237 bits per heavy atom. The van der Waals surface area contributed by atoms with E-state index in [1.165, 1.54) is 95.0 Å². The van der Waals surface area contributed by atoms with Gasteiger partial charge in [0.15, 0.2) is 0 Å². The molecule has 0 fully saturated rings. The van der Waals surface area contributed by atoms with Crippen LogP contribution >= 0.6 is 46.2 Å². The molecule has 2 spiro atoms. The van der Waals surface area contributed by atoms with Gasteiger partial charge in [0.05, 0.1) is 10.8 Å². The molecule has 3 aliphatic rings. The molecule has 6 heteroatoms. The van der Waals surface area contributed by atoms with E-state index in [2.05, 4.69) is 289 Å². The normalized spacial score (nSPS) is 13.9. The Morgan fingerprint density at radius 3 is 0.882 bits per heavy atom. The van der Waals surface area contributed by atoms with E-state index in [9.17, 15) is 0 Å². The van der Waals surface area contributed by atoms with Gasteiger partial charge in [-0.1, -0.05) is 218 Å². The van der Waals surface area contributed by atoms with Crippen LogP contribution < -0.4 is 9.80 Å². The number of nitrogens with zero attached hydrogens (tertiary/aromatic N) is 2. The molecule has 0 saturated carbocycles. The fourth-order valence-corrected chi connectivity index (χ4v) is 17.6. The quantitative estimate of drug-likeness (QED) is 0.150. The van der Waals surface area contributed by atoms with Crippen molar-refractivity contribution in [3.63, 3.8) is 0 Å². The van der Waals surface area contributed by atoms with E-state index < -0.39 is 10.8 Å². The molecule has 360 valence electrons. The Morgan fingerprint density at radius 2 is 0.526 bits per heavy atom. The van der Waals surface area contributed by atoms with E-state index >= 15 is 0 Å². The number of thiophene rings is 2. The smallest absolute Gasteiger partial charge is 0.101 e. The van der Waals surface area contributed by atoms with E-state index in [-0.39, 0.29) is 0 Å². The van der Waals surface area contributed by atoms with E-state index in [1.807, 2.05) is 46.2 Å². The van der Waals surface area contributed by atoms with Crippen molar-refractivity contribution in [3.8, 4) is 22.3 Å². The number of rotatable bonds is 8. The van der Waals surface area contributed by atoms with Crippen LogP contribution in [0.25, 0.3) is 22.3 Å². The van der Waals surface area contributed by atoms with E-state index in [4.69, 9.17) is 0 Å². The zero-order valence-corrected chi connectivity index (χ0v) is 44.4. The summed E-state index contributed by atoms with van der Waals surface area (Å²) in [5.74, 6) is 0. The van der Waals surface area contributed by atoms with Crippen molar-refractivity contribution in [1.82, 2.24) is 0 Å². The van der Waals surface area contributed by atoms with Crippen LogP contribution in [0.1, 0.15) is 43.1 Å². The number of hydrogen-bond donors (Lipinski definition) is 0. The number of hydrogen-bond acceptors (Lipinski definition) is 6. The molecular weight excluding hydrogens is 997 g/mol. The van der Waals surface area contributed by atoms with Crippen LogP contribution in [0.4, 0.5) is 32.8 Å². The number of anilines is 6. The molecule has 15 rings (SSSR count). The molecule has 0 amide bonds. The molecular formula is C70H46N2S4. The Bertz CT molecular complexity index is 3740. The first-order valence-corrected chi connectivity index (χ1v) is 29.0. The summed E-state index contributed by atoms with van der Waals surface area (Å²) in [6, 6.07) is 104. The average molecular weight is 1040 g/mol. The molecule has 0 unspecified atom stereocenters.